The third-order valence-electron chi connectivity index (χ3n) is 4.60. The highest BCUT2D eigenvalue weighted by molar-refractivity contribution is 6.06. The molecular formula is C22H25N3O3. The number of carbonyl (C=O) groups excluding carboxylic acids is 2. The van der Waals surface area contributed by atoms with Crippen molar-refractivity contribution >= 4 is 28.4 Å². The molecule has 3 aromatic rings. The van der Waals surface area contributed by atoms with Gasteiger partial charge in [-0.3, -0.25) is 9.59 Å². The fraction of sp³-hybridized carbons (Fsp3) is 0.273. The molecule has 0 atom stereocenters. The van der Waals surface area contributed by atoms with E-state index < -0.39 is 0 Å². The molecule has 0 saturated carbocycles. The fourth-order valence-corrected chi connectivity index (χ4v) is 3.11. The average Bonchev–Trinajstić information content (AvgIpc) is 3.11. The lowest BCUT2D eigenvalue weighted by Crippen LogP contribution is -2.28. The molecule has 6 nitrogen and oxygen atoms in total. The van der Waals surface area contributed by atoms with E-state index in [0.29, 0.717) is 31.1 Å². The summed E-state index contributed by atoms with van der Waals surface area (Å²) in [6.07, 6.45) is 0. The predicted octanol–water partition coefficient (Wildman–Crippen LogP) is 4.19. The van der Waals surface area contributed by atoms with Crippen LogP contribution in [0.25, 0.3) is 10.9 Å². The molecule has 0 aliphatic rings. The summed E-state index contributed by atoms with van der Waals surface area (Å²) in [5, 5.41) is 3.90. The van der Waals surface area contributed by atoms with Gasteiger partial charge in [-0.05, 0) is 43.7 Å². The van der Waals surface area contributed by atoms with Crippen LogP contribution in [-0.2, 0) is 11.3 Å². The number of hydrogen-bond donors (Lipinski definition) is 2. The quantitative estimate of drug-likeness (QED) is 0.646. The normalized spacial score (nSPS) is 10.7. The molecule has 2 amide bonds. The highest BCUT2D eigenvalue weighted by atomic mass is 16.5. The lowest BCUT2D eigenvalue weighted by molar-refractivity contribution is -0.129. The van der Waals surface area contributed by atoms with Crippen LogP contribution in [0, 0.1) is 0 Å². The van der Waals surface area contributed by atoms with Gasteiger partial charge in [0, 0.05) is 42.7 Å². The second-order valence-corrected chi connectivity index (χ2v) is 6.51. The molecule has 0 unspecified atom stereocenters. The topological polar surface area (TPSA) is 74.4 Å². The van der Waals surface area contributed by atoms with E-state index in [-0.39, 0.29) is 11.8 Å². The zero-order valence-electron chi connectivity index (χ0n) is 16.4. The van der Waals surface area contributed by atoms with Crippen LogP contribution in [-0.4, -0.2) is 34.8 Å². The minimum Gasteiger partial charge on any atom is -0.494 e. The van der Waals surface area contributed by atoms with Gasteiger partial charge in [0.15, 0.2) is 0 Å². The Morgan fingerprint density at radius 3 is 2.61 bits per heavy atom. The van der Waals surface area contributed by atoms with Crippen LogP contribution >= 0.6 is 0 Å². The van der Waals surface area contributed by atoms with Crippen molar-refractivity contribution in [2.24, 2.45) is 0 Å². The molecule has 28 heavy (non-hydrogen) atoms. The number of ether oxygens (including phenoxy) is 1. The fourth-order valence-electron chi connectivity index (χ4n) is 3.11. The first-order valence-corrected chi connectivity index (χ1v) is 9.42. The number of benzene rings is 2. The van der Waals surface area contributed by atoms with Gasteiger partial charge >= 0.3 is 0 Å². The summed E-state index contributed by atoms with van der Waals surface area (Å²) < 4.78 is 5.51. The van der Waals surface area contributed by atoms with Crippen molar-refractivity contribution in [2.45, 2.75) is 27.3 Å². The number of nitrogens with one attached hydrogen (secondary N) is 2. The lowest BCUT2D eigenvalue weighted by atomic mass is 10.1. The number of aromatic amines is 1. The van der Waals surface area contributed by atoms with Gasteiger partial charge < -0.3 is 19.9 Å². The van der Waals surface area contributed by atoms with Crippen molar-refractivity contribution in [3.05, 3.63) is 59.8 Å². The molecule has 1 aromatic heterocycles. The third kappa shape index (κ3) is 4.34. The lowest BCUT2D eigenvalue weighted by Gasteiger charge is -2.20. The van der Waals surface area contributed by atoms with Crippen molar-refractivity contribution in [2.75, 3.05) is 18.5 Å². The molecule has 0 aliphatic heterocycles. The highest BCUT2D eigenvalue weighted by Gasteiger charge is 2.14. The molecule has 2 aromatic carbocycles. The first kappa shape index (κ1) is 19.5. The third-order valence-corrected chi connectivity index (χ3v) is 4.60. The summed E-state index contributed by atoms with van der Waals surface area (Å²) in [5.74, 6) is 0.537. The van der Waals surface area contributed by atoms with Crippen LogP contribution in [0.5, 0.6) is 5.75 Å². The van der Waals surface area contributed by atoms with Crippen LogP contribution in [0.4, 0.5) is 5.69 Å². The molecular weight excluding hydrogens is 354 g/mol. The van der Waals surface area contributed by atoms with Gasteiger partial charge in [-0.1, -0.05) is 18.2 Å². The summed E-state index contributed by atoms with van der Waals surface area (Å²) in [4.78, 5) is 29.4. The van der Waals surface area contributed by atoms with Crippen LogP contribution in [0.1, 0.15) is 36.8 Å². The SMILES string of the molecule is CCOc1ccc2cc(C(=O)Nc3ccccc3CN(CC)C(C)=O)[nH]c2c1. The van der Waals surface area contributed by atoms with Crippen molar-refractivity contribution < 1.29 is 14.3 Å². The molecule has 3 rings (SSSR count). The Balaban J connectivity index is 1.81. The Hall–Kier alpha value is -3.28. The Morgan fingerprint density at radius 2 is 1.89 bits per heavy atom. The molecule has 0 fully saturated rings. The summed E-state index contributed by atoms with van der Waals surface area (Å²) in [7, 11) is 0. The maximum Gasteiger partial charge on any atom is 0.272 e. The molecule has 146 valence electrons. The Morgan fingerprint density at radius 1 is 1.11 bits per heavy atom. The molecule has 0 spiro atoms. The van der Waals surface area contributed by atoms with Crippen LogP contribution < -0.4 is 10.1 Å². The van der Waals surface area contributed by atoms with E-state index in [1.165, 1.54) is 0 Å². The second-order valence-electron chi connectivity index (χ2n) is 6.51. The smallest absolute Gasteiger partial charge is 0.272 e. The van der Waals surface area contributed by atoms with Gasteiger partial charge in [0.1, 0.15) is 11.4 Å². The van der Waals surface area contributed by atoms with Gasteiger partial charge in [0.25, 0.3) is 5.91 Å². The number of para-hydroxylation sites is 1. The number of hydrogen-bond acceptors (Lipinski definition) is 3. The Kier molecular flexibility index (Phi) is 5.99. The summed E-state index contributed by atoms with van der Waals surface area (Å²) in [6.45, 7) is 7.07. The van der Waals surface area contributed by atoms with Crippen molar-refractivity contribution in [3.63, 3.8) is 0 Å². The average molecular weight is 379 g/mol. The van der Waals surface area contributed by atoms with E-state index in [1.54, 1.807) is 11.8 Å². The maximum atomic E-state index is 12.8. The monoisotopic (exact) mass is 379 g/mol. The molecule has 1 heterocycles. The zero-order valence-corrected chi connectivity index (χ0v) is 16.4. The predicted molar refractivity (Wildman–Crippen MR) is 111 cm³/mol. The molecule has 0 bridgehead atoms. The van der Waals surface area contributed by atoms with E-state index in [1.807, 2.05) is 62.4 Å². The molecule has 0 aliphatic carbocycles. The van der Waals surface area contributed by atoms with E-state index in [9.17, 15) is 9.59 Å². The van der Waals surface area contributed by atoms with Crippen molar-refractivity contribution in [1.82, 2.24) is 9.88 Å². The zero-order chi connectivity index (χ0) is 20.1. The number of amides is 2. The van der Waals surface area contributed by atoms with E-state index in [2.05, 4.69) is 10.3 Å². The molecule has 2 N–H and O–H groups in total. The van der Waals surface area contributed by atoms with Crippen LogP contribution in [0.15, 0.2) is 48.5 Å². The number of rotatable bonds is 7. The van der Waals surface area contributed by atoms with Crippen LogP contribution in [0.3, 0.4) is 0 Å². The largest absolute Gasteiger partial charge is 0.494 e. The number of carbonyl (C=O) groups is 2. The van der Waals surface area contributed by atoms with Crippen molar-refractivity contribution in [1.29, 1.82) is 0 Å². The minimum absolute atomic E-state index is 0.00403. The van der Waals surface area contributed by atoms with Gasteiger partial charge in [0.05, 0.1) is 6.61 Å². The van der Waals surface area contributed by atoms with Crippen LogP contribution in [0.2, 0.25) is 0 Å². The summed E-state index contributed by atoms with van der Waals surface area (Å²) >= 11 is 0. The highest BCUT2D eigenvalue weighted by Crippen LogP contribution is 2.23. The van der Waals surface area contributed by atoms with Gasteiger partial charge in [-0.15, -0.1) is 0 Å². The number of fused-ring (bicyclic) bond motifs is 1. The summed E-state index contributed by atoms with van der Waals surface area (Å²) in [5.41, 5.74) is 2.90. The Labute approximate surface area is 164 Å². The van der Waals surface area contributed by atoms with Gasteiger partial charge in [-0.2, -0.15) is 0 Å². The van der Waals surface area contributed by atoms with E-state index >= 15 is 0 Å². The number of H-pyrrole nitrogens is 1. The van der Waals surface area contributed by atoms with E-state index in [0.717, 1.165) is 22.2 Å². The van der Waals surface area contributed by atoms with Gasteiger partial charge in [-0.25, -0.2) is 0 Å². The number of aromatic nitrogens is 1. The van der Waals surface area contributed by atoms with Gasteiger partial charge in [0.2, 0.25) is 5.91 Å². The second kappa shape index (κ2) is 8.61. The first-order valence-electron chi connectivity index (χ1n) is 9.42. The first-order chi connectivity index (χ1) is 13.5. The molecule has 0 radical (unpaired) electrons. The van der Waals surface area contributed by atoms with Crippen molar-refractivity contribution in [3.8, 4) is 5.75 Å². The molecule has 6 heteroatoms. The standard InChI is InChI=1S/C22H25N3O3/c1-4-25(15(3)26)14-17-8-6-7-9-19(17)24-22(27)21-12-16-10-11-18(28-5-2)13-20(16)23-21/h6-13,23H,4-5,14H2,1-3H3,(H,24,27). The summed E-state index contributed by atoms with van der Waals surface area (Å²) in [6, 6.07) is 15.0. The molecule has 0 saturated heterocycles. The maximum absolute atomic E-state index is 12.8. The number of nitrogens with zero attached hydrogens (tertiary/aromatic N) is 1. The Bertz CT molecular complexity index is 994. The van der Waals surface area contributed by atoms with E-state index in [4.69, 9.17) is 4.74 Å². The minimum atomic E-state index is -0.229. The number of anilines is 1.